The van der Waals surface area contributed by atoms with Gasteiger partial charge in [0.05, 0.1) is 10.5 Å². The van der Waals surface area contributed by atoms with Crippen LogP contribution in [0.15, 0.2) is 58.3 Å². The van der Waals surface area contributed by atoms with Crippen LogP contribution in [-0.2, 0) is 14.8 Å². The lowest BCUT2D eigenvalue weighted by Gasteiger charge is -2.37. The van der Waals surface area contributed by atoms with E-state index in [4.69, 9.17) is 0 Å². The average molecular weight is 403 g/mol. The molecule has 5 nitrogen and oxygen atoms in total. The zero-order chi connectivity index (χ0) is 19.2. The molecule has 0 fully saturated rings. The van der Waals surface area contributed by atoms with Crippen LogP contribution in [0.4, 0.5) is 13.2 Å². The molecule has 0 bridgehead atoms. The number of carbonyl (C=O) groups excluding carboxylic acids is 1. The van der Waals surface area contributed by atoms with Gasteiger partial charge in [0.15, 0.2) is 0 Å². The lowest BCUT2D eigenvalue weighted by molar-refractivity contribution is -0.224. The highest BCUT2D eigenvalue weighted by atomic mass is 32.2. The van der Waals surface area contributed by atoms with E-state index in [1.54, 1.807) is 6.92 Å². The molecule has 2 aromatic rings. The summed E-state index contributed by atoms with van der Waals surface area (Å²) in [4.78, 5) is 11.6. The molecule has 0 aliphatic carbocycles. The number of benzene rings is 2. The summed E-state index contributed by atoms with van der Waals surface area (Å²) in [7, 11) is -4.61. The van der Waals surface area contributed by atoms with Gasteiger partial charge in [-0.1, -0.05) is 41.6 Å². The van der Waals surface area contributed by atoms with Crippen molar-refractivity contribution in [3.8, 4) is 0 Å². The molecule has 1 atom stereocenters. The number of carbonyl (C=O) groups is 1. The monoisotopic (exact) mass is 403 g/mol. The number of thioether (sulfide) groups is 1. The van der Waals surface area contributed by atoms with Crippen molar-refractivity contribution in [1.82, 2.24) is 4.72 Å². The number of halogens is 3. The predicted octanol–water partition coefficient (Wildman–Crippen LogP) is 3.45. The number of fused-ring (bicyclic) bond motifs is 1. The maximum Gasteiger partial charge on any atom is 0.455 e. The van der Waals surface area contributed by atoms with Crippen molar-refractivity contribution in [2.24, 2.45) is 0 Å². The number of hydrogen-bond acceptors (Lipinski definition) is 5. The summed E-state index contributed by atoms with van der Waals surface area (Å²) in [5.41, 5.74) is 0.675. The molecule has 0 radical (unpaired) electrons. The molecule has 1 aliphatic heterocycles. The molecule has 1 heterocycles. The minimum absolute atomic E-state index is 0.0346. The smallest absolute Gasteiger partial charge is 0.419 e. The Kier molecular flexibility index (Phi) is 4.53. The normalized spacial score (nSPS) is 20.4. The number of nitrogens with one attached hydrogen (secondary N) is 1. The Morgan fingerprint density at radius 1 is 1.08 bits per heavy atom. The summed E-state index contributed by atoms with van der Waals surface area (Å²) in [6.07, 6.45) is -5.20. The van der Waals surface area contributed by atoms with Crippen molar-refractivity contribution in [3.63, 3.8) is 0 Å². The first-order chi connectivity index (χ1) is 12.0. The molecule has 138 valence electrons. The number of hydrogen-bond donors (Lipinski definition) is 1. The van der Waals surface area contributed by atoms with Gasteiger partial charge in [-0.3, -0.25) is 0 Å². The zero-order valence-corrected chi connectivity index (χ0v) is 14.8. The van der Waals surface area contributed by atoms with E-state index in [9.17, 15) is 26.4 Å². The third-order valence-electron chi connectivity index (χ3n) is 3.57. The summed E-state index contributed by atoms with van der Waals surface area (Å²) in [5, 5.41) is -3.46. The van der Waals surface area contributed by atoms with Crippen molar-refractivity contribution < 1.29 is 31.1 Å². The van der Waals surface area contributed by atoms with E-state index in [1.165, 1.54) is 53.3 Å². The number of cyclic esters (lactones) is 1. The van der Waals surface area contributed by atoms with E-state index in [-0.39, 0.29) is 27.1 Å². The van der Waals surface area contributed by atoms with Crippen LogP contribution in [0, 0.1) is 6.92 Å². The van der Waals surface area contributed by atoms with Gasteiger partial charge in [0.1, 0.15) is 0 Å². The maximum absolute atomic E-state index is 13.7. The Hall–Kier alpha value is -2.04. The van der Waals surface area contributed by atoms with Crippen LogP contribution in [0.1, 0.15) is 15.9 Å². The molecule has 10 heteroatoms. The summed E-state index contributed by atoms with van der Waals surface area (Å²) in [6.45, 7) is 1.71. The number of sulfonamides is 1. The second kappa shape index (κ2) is 6.29. The first-order valence-corrected chi connectivity index (χ1v) is 9.53. The van der Waals surface area contributed by atoms with Crippen molar-refractivity contribution in [2.75, 3.05) is 0 Å². The lowest BCUT2D eigenvalue weighted by Crippen LogP contribution is -2.60. The molecule has 0 amide bonds. The molecule has 3 rings (SSSR count). The standard InChI is InChI=1S/C16H12F3NO4S2/c1-10-6-8-11(9-7-10)26(22,23)20-16(15(17,18)19)24-14(21)12-4-2-3-5-13(12)25-16/h2-9,20H,1H3. The van der Waals surface area contributed by atoms with Gasteiger partial charge in [-0.25, -0.2) is 13.2 Å². The third-order valence-corrected chi connectivity index (χ3v) is 6.43. The second-order valence-electron chi connectivity index (χ2n) is 5.52. The zero-order valence-electron chi connectivity index (χ0n) is 13.2. The quantitative estimate of drug-likeness (QED) is 0.795. The van der Waals surface area contributed by atoms with Gasteiger partial charge in [-0.15, -0.1) is 0 Å². The molecule has 26 heavy (non-hydrogen) atoms. The maximum atomic E-state index is 13.7. The molecule has 2 aromatic carbocycles. The summed E-state index contributed by atoms with van der Waals surface area (Å²) < 4.78 is 72.3. The molecule has 0 saturated heterocycles. The summed E-state index contributed by atoms with van der Waals surface area (Å²) >= 11 is 0.0815. The van der Waals surface area contributed by atoms with Crippen LogP contribution >= 0.6 is 11.8 Å². The fourth-order valence-corrected chi connectivity index (χ4v) is 4.82. The van der Waals surface area contributed by atoms with E-state index in [0.717, 1.165) is 5.56 Å². The number of esters is 1. The van der Waals surface area contributed by atoms with E-state index in [0.29, 0.717) is 0 Å². The van der Waals surface area contributed by atoms with Crippen molar-refractivity contribution >= 4 is 27.8 Å². The summed E-state index contributed by atoms with van der Waals surface area (Å²) in [5.74, 6) is -1.26. The minimum atomic E-state index is -5.20. The highest BCUT2D eigenvalue weighted by Gasteiger charge is 2.64. The van der Waals surface area contributed by atoms with E-state index in [1.807, 2.05) is 0 Å². The molecule has 1 unspecified atom stereocenters. The Morgan fingerprint density at radius 2 is 1.69 bits per heavy atom. The van der Waals surface area contributed by atoms with Crippen LogP contribution < -0.4 is 4.72 Å². The Labute approximate surface area is 151 Å². The average Bonchev–Trinajstić information content (AvgIpc) is 2.54. The topological polar surface area (TPSA) is 72.5 Å². The fraction of sp³-hybridized carbons (Fsp3) is 0.188. The van der Waals surface area contributed by atoms with Gasteiger partial charge in [0.2, 0.25) is 10.0 Å². The summed E-state index contributed by atoms with van der Waals surface area (Å²) in [6, 6.07) is 10.8. The van der Waals surface area contributed by atoms with Gasteiger partial charge < -0.3 is 4.74 Å². The Balaban J connectivity index is 2.06. The van der Waals surface area contributed by atoms with Gasteiger partial charge in [-0.2, -0.15) is 17.9 Å². The van der Waals surface area contributed by atoms with Gasteiger partial charge >= 0.3 is 17.2 Å². The van der Waals surface area contributed by atoms with Crippen LogP contribution in [0.25, 0.3) is 0 Å². The van der Waals surface area contributed by atoms with Crippen LogP contribution in [-0.4, -0.2) is 25.6 Å². The molecular formula is C16H12F3NO4S2. The lowest BCUT2D eigenvalue weighted by atomic mass is 10.2. The molecule has 0 saturated carbocycles. The molecule has 0 spiro atoms. The van der Waals surface area contributed by atoms with Crippen LogP contribution in [0.5, 0.6) is 0 Å². The highest BCUT2D eigenvalue weighted by Crippen LogP contribution is 2.49. The van der Waals surface area contributed by atoms with Crippen LogP contribution in [0.2, 0.25) is 0 Å². The minimum Gasteiger partial charge on any atom is -0.419 e. The first-order valence-electron chi connectivity index (χ1n) is 7.23. The van der Waals surface area contributed by atoms with E-state index in [2.05, 4.69) is 4.74 Å². The first kappa shape index (κ1) is 18.7. The van der Waals surface area contributed by atoms with Gasteiger partial charge in [0.25, 0.3) is 0 Å². The fourth-order valence-electron chi connectivity index (χ4n) is 2.25. The predicted molar refractivity (Wildman–Crippen MR) is 88.0 cm³/mol. The number of alkyl halides is 3. The second-order valence-corrected chi connectivity index (χ2v) is 8.42. The SMILES string of the molecule is Cc1ccc(S(=O)(=O)NC2(C(F)(F)F)OC(=O)c3ccccc3S2)cc1. The molecule has 1 N–H and O–H groups in total. The van der Waals surface area contributed by atoms with Gasteiger partial charge in [0, 0.05) is 4.90 Å². The van der Waals surface area contributed by atoms with Gasteiger partial charge in [-0.05, 0) is 31.2 Å². The number of ether oxygens (including phenoxy) is 1. The molecule has 1 aliphatic rings. The number of aryl methyl sites for hydroxylation is 1. The largest absolute Gasteiger partial charge is 0.455 e. The van der Waals surface area contributed by atoms with Crippen molar-refractivity contribution in [2.45, 2.75) is 27.9 Å². The Morgan fingerprint density at radius 3 is 2.31 bits per heavy atom. The Bertz CT molecular complexity index is 958. The van der Waals surface area contributed by atoms with Crippen LogP contribution in [0.3, 0.4) is 0 Å². The molecular weight excluding hydrogens is 391 g/mol. The third kappa shape index (κ3) is 3.31. The molecule has 0 aromatic heterocycles. The highest BCUT2D eigenvalue weighted by molar-refractivity contribution is 8.01. The van der Waals surface area contributed by atoms with E-state index >= 15 is 0 Å². The number of rotatable bonds is 3. The van der Waals surface area contributed by atoms with Crippen molar-refractivity contribution in [3.05, 3.63) is 59.7 Å². The van der Waals surface area contributed by atoms with Crippen molar-refractivity contribution in [1.29, 1.82) is 0 Å². The van der Waals surface area contributed by atoms with E-state index < -0.39 is 27.2 Å².